The first kappa shape index (κ1) is 22.6. The van der Waals surface area contributed by atoms with Crippen molar-refractivity contribution < 1.29 is 9.90 Å². The monoisotopic (exact) mass is 516 g/mol. The van der Waals surface area contributed by atoms with Crippen molar-refractivity contribution in [3.8, 4) is 0 Å². The number of hydrogen-bond donors (Lipinski definition) is 3. The van der Waals surface area contributed by atoms with Gasteiger partial charge in [0.05, 0.1) is 11.8 Å². The summed E-state index contributed by atoms with van der Waals surface area (Å²) in [6.45, 7) is 5.82. The van der Waals surface area contributed by atoms with E-state index in [-0.39, 0.29) is 17.6 Å². The van der Waals surface area contributed by atoms with Crippen LogP contribution in [0.3, 0.4) is 0 Å². The van der Waals surface area contributed by atoms with Crippen LogP contribution in [-0.4, -0.2) is 45.3 Å². The minimum atomic E-state index is -0.334. The highest BCUT2D eigenvalue weighted by Crippen LogP contribution is 2.34. The molecule has 0 spiro atoms. The number of aromatic nitrogens is 3. The lowest BCUT2D eigenvalue weighted by molar-refractivity contribution is 0.198. The number of aliphatic hydroxyl groups excluding tert-OH is 1. The van der Waals surface area contributed by atoms with E-state index in [1.54, 1.807) is 12.4 Å². The summed E-state index contributed by atoms with van der Waals surface area (Å²) in [5, 5.41) is 17.8. The zero-order chi connectivity index (χ0) is 22.7. The average Bonchev–Trinajstić information content (AvgIpc) is 3.42. The predicted octanol–water partition coefficient (Wildman–Crippen LogP) is 3.91. The van der Waals surface area contributed by atoms with E-state index in [1.807, 2.05) is 22.4 Å². The van der Waals surface area contributed by atoms with E-state index in [1.165, 1.54) is 11.3 Å². The van der Waals surface area contributed by atoms with Crippen LogP contribution in [0.25, 0.3) is 0 Å². The van der Waals surface area contributed by atoms with E-state index in [2.05, 4.69) is 67.5 Å². The SMILES string of the molecule is CC(C)(c1ccc(Br)cc1)c1csc(NC(=O)NCc2cnc(N3CCC(O)C3)nc2)n1. The van der Waals surface area contributed by atoms with Crippen LogP contribution in [0, 0.1) is 0 Å². The Morgan fingerprint density at radius 1 is 1.28 bits per heavy atom. The van der Waals surface area contributed by atoms with Crippen molar-refractivity contribution in [2.45, 2.75) is 38.3 Å². The first-order chi connectivity index (χ1) is 15.3. The van der Waals surface area contributed by atoms with Crippen molar-refractivity contribution in [3.05, 3.63) is 63.3 Å². The van der Waals surface area contributed by atoms with Gasteiger partial charge in [-0.2, -0.15) is 0 Å². The van der Waals surface area contributed by atoms with E-state index in [9.17, 15) is 9.90 Å². The summed E-state index contributed by atoms with van der Waals surface area (Å²) in [5.41, 5.74) is 2.56. The lowest BCUT2D eigenvalue weighted by atomic mass is 9.82. The number of carbonyl (C=O) groups is 1. The zero-order valence-corrected chi connectivity index (χ0v) is 20.3. The van der Waals surface area contributed by atoms with E-state index in [4.69, 9.17) is 0 Å². The molecule has 3 N–H and O–H groups in total. The largest absolute Gasteiger partial charge is 0.391 e. The topological polar surface area (TPSA) is 103 Å². The molecule has 8 nitrogen and oxygen atoms in total. The number of amides is 2. The molecule has 1 unspecified atom stereocenters. The Bertz CT molecular complexity index is 1070. The Hall–Kier alpha value is -2.56. The normalized spacial score (nSPS) is 16.2. The molecule has 0 radical (unpaired) electrons. The molecule has 10 heteroatoms. The number of halogens is 1. The number of carbonyl (C=O) groups excluding carboxylic acids is 1. The average molecular weight is 517 g/mol. The summed E-state index contributed by atoms with van der Waals surface area (Å²) < 4.78 is 1.03. The molecule has 2 amide bonds. The maximum Gasteiger partial charge on any atom is 0.321 e. The fourth-order valence-electron chi connectivity index (χ4n) is 3.48. The van der Waals surface area contributed by atoms with Crippen LogP contribution in [0.2, 0.25) is 0 Å². The molecular formula is C22H25BrN6O2S. The molecule has 1 fully saturated rings. The number of anilines is 2. The summed E-state index contributed by atoms with van der Waals surface area (Å²) in [6.07, 6.45) is 3.78. The Labute approximate surface area is 199 Å². The molecule has 1 aliphatic heterocycles. The molecule has 1 aliphatic rings. The third kappa shape index (κ3) is 5.25. The molecule has 2 aromatic heterocycles. The van der Waals surface area contributed by atoms with Gasteiger partial charge >= 0.3 is 6.03 Å². The second-order valence-electron chi connectivity index (χ2n) is 8.26. The first-order valence-electron chi connectivity index (χ1n) is 10.3. The molecule has 1 saturated heterocycles. The highest BCUT2D eigenvalue weighted by Gasteiger charge is 2.26. The van der Waals surface area contributed by atoms with Crippen LogP contribution in [-0.2, 0) is 12.0 Å². The van der Waals surface area contributed by atoms with Gasteiger partial charge in [0.2, 0.25) is 5.95 Å². The second-order valence-corrected chi connectivity index (χ2v) is 10.0. The van der Waals surface area contributed by atoms with Crippen LogP contribution in [0.15, 0.2) is 46.5 Å². The first-order valence-corrected chi connectivity index (χ1v) is 12.0. The maximum atomic E-state index is 12.3. The molecule has 3 aromatic rings. The van der Waals surface area contributed by atoms with Gasteiger partial charge in [-0.05, 0) is 24.1 Å². The van der Waals surface area contributed by atoms with E-state index in [0.717, 1.165) is 34.3 Å². The molecule has 1 atom stereocenters. The van der Waals surface area contributed by atoms with Crippen molar-refractivity contribution in [2.75, 3.05) is 23.3 Å². The maximum absolute atomic E-state index is 12.3. The highest BCUT2D eigenvalue weighted by atomic mass is 79.9. The zero-order valence-electron chi connectivity index (χ0n) is 17.9. The van der Waals surface area contributed by atoms with Gasteiger partial charge < -0.3 is 15.3 Å². The fraction of sp³-hybridized carbons (Fsp3) is 0.364. The molecule has 3 heterocycles. The van der Waals surface area contributed by atoms with Crippen molar-refractivity contribution in [1.29, 1.82) is 0 Å². The number of benzene rings is 1. The Balaban J connectivity index is 1.31. The summed E-state index contributed by atoms with van der Waals surface area (Å²) in [6, 6.07) is 7.84. The van der Waals surface area contributed by atoms with Gasteiger partial charge in [0.25, 0.3) is 0 Å². The van der Waals surface area contributed by atoms with Crippen LogP contribution in [0.5, 0.6) is 0 Å². The molecule has 0 bridgehead atoms. The Morgan fingerprint density at radius 3 is 2.66 bits per heavy atom. The molecule has 0 saturated carbocycles. The minimum absolute atomic E-state index is 0.280. The molecule has 32 heavy (non-hydrogen) atoms. The Morgan fingerprint density at radius 2 is 2.00 bits per heavy atom. The smallest absolute Gasteiger partial charge is 0.321 e. The van der Waals surface area contributed by atoms with E-state index >= 15 is 0 Å². The number of rotatable bonds is 6. The van der Waals surface area contributed by atoms with Crippen molar-refractivity contribution in [1.82, 2.24) is 20.3 Å². The lowest BCUT2D eigenvalue weighted by Gasteiger charge is -2.23. The van der Waals surface area contributed by atoms with Gasteiger partial charge in [0, 0.05) is 52.9 Å². The standard InChI is InChI=1S/C22H25BrN6O2S/c1-22(2,15-3-5-16(23)6-4-15)18-13-32-21(27-18)28-20(31)26-11-14-9-24-19(25-10-14)29-8-7-17(30)12-29/h3-6,9-10,13,17,30H,7-8,11-12H2,1-2H3,(H2,26,27,28,31). The summed E-state index contributed by atoms with van der Waals surface area (Å²) in [4.78, 5) is 27.6. The predicted molar refractivity (Wildman–Crippen MR) is 129 cm³/mol. The number of nitrogens with one attached hydrogen (secondary N) is 2. The highest BCUT2D eigenvalue weighted by molar-refractivity contribution is 9.10. The van der Waals surface area contributed by atoms with Crippen molar-refractivity contribution in [3.63, 3.8) is 0 Å². The van der Waals surface area contributed by atoms with Crippen LogP contribution >= 0.6 is 27.3 Å². The van der Waals surface area contributed by atoms with E-state index in [0.29, 0.717) is 24.2 Å². The summed E-state index contributed by atoms with van der Waals surface area (Å²) in [7, 11) is 0. The molecular weight excluding hydrogens is 492 g/mol. The quantitative estimate of drug-likeness (QED) is 0.458. The molecule has 1 aromatic carbocycles. The second kappa shape index (κ2) is 9.51. The third-order valence-electron chi connectivity index (χ3n) is 5.52. The van der Waals surface area contributed by atoms with Crippen molar-refractivity contribution in [2.24, 2.45) is 0 Å². The van der Waals surface area contributed by atoms with Gasteiger partial charge in [-0.3, -0.25) is 5.32 Å². The van der Waals surface area contributed by atoms with Crippen LogP contribution in [0.1, 0.15) is 37.1 Å². The van der Waals surface area contributed by atoms with Gasteiger partial charge in [-0.15, -0.1) is 11.3 Å². The minimum Gasteiger partial charge on any atom is -0.391 e. The lowest BCUT2D eigenvalue weighted by Crippen LogP contribution is -2.28. The Kier molecular flexibility index (Phi) is 6.73. The number of hydrogen-bond acceptors (Lipinski definition) is 7. The van der Waals surface area contributed by atoms with E-state index < -0.39 is 0 Å². The number of urea groups is 1. The number of β-amino-alcohol motifs (C(OH)–C–C–N with tert-alkyl or cyclic N) is 1. The molecule has 168 valence electrons. The number of thiazole rings is 1. The van der Waals surface area contributed by atoms with Gasteiger partial charge in [-0.1, -0.05) is 41.9 Å². The van der Waals surface area contributed by atoms with Crippen LogP contribution in [0.4, 0.5) is 15.9 Å². The number of aliphatic hydroxyl groups is 1. The van der Waals surface area contributed by atoms with Gasteiger partial charge in [-0.25, -0.2) is 19.7 Å². The summed E-state index contributed by atoms with van der Waals surface area (Å²) in [5.74, 6) is 0.596. The summed E-state index contributed by atoms with van der Waals surface area (Å²) >= 11 is 4.86. The fourth-order valence-corrected chi connectivity index (χ4v) is 4.62. The molecule has 0 aliphatic carbocycles. The molecule has 4 rings (SSSR count). The third-order valence-corrected chi connectivity index (χ3v) is 6.81. The van der Waals surface area contributed by atoms with Crippen LogP contribution < -0.4 is 15.5 Å². The number of nitrogens with zero attached hydrogens (tertiary/aromatic N) is 4. The van der Waals surface area contributed by atoms with Gasteiger partial charge in [0.1, 0.15) is 0 Å². The van der Waals surface area contributed by atoms with Crippen molar-refractivity contribution >= 4 is 44.4 Å². The van der Waals surface area contributed by atoms with Gasteiger partial charge in [0.15, 0.2) is 5.13 Å².